The molecule has 0 radical (unpaired) electrons. The molecule has 4 rings (SSSR count). The summed E-state index contributed by atoms with van der Waals surface area (Å²) < 4.78 is 4.97. The first-order chi connectivity index (χ1) is 15.8. The Kier molecular flexibility index (Phi) is 6.56. The van der Waals surface area contributed by atoms with Gasteiger partial charge in [0.2, 0.25) is 5.91 Å². The highest BCUT2D eigenvalue weighted by atomic mass is 32.2. The number of hydrogen-bond donors (Lipinski definition) is 3. The van der Waals surface area contributed by atoms with Crippen molar-refractivity contribution in [1.82, 2.24) is 15.4 Å². The van der Waals surface area contributed by atoms with Gasteiger partial charge in [-0.25, -0.2) is 4.79 Å². The van der Waals surface area contributed by atoms with Gasteiger partial charge in [0.15, 0.2) is 11.5 Å². The van der Waals surface area contributed by atoms with Gasteiger partial charge in [0, 0.05) is 16.7 Å². The number of allylic oxidation sites excluding steroid dienone is 1. The Labute approximate surface area is 196 Å². The molecule has 33 heavy (non-hydrogen) atoms. The number of benzene rings is 1. The van der Waals surface area contributed by atoms with Crippen LogP contribution in [0.2, 0.25) is 0 Å². The average Bonchev–Trinajstić information content (AvgIpc) is 3.29. The number of aromatic nitrogens is 1. The minimum Gasteiger partial charge on any atom is -0.477 e. The molecule has 2 aliphatic heterocycles. The Balaban J connectivity index is 1.43. The third-order valence-corrected chi connectivity index (χ3v) is 7.17. The highest BCUT2D eigenvalue weighted by Gasteiger charge is 2.53. The number of carbonyl (C=O) groups excluding carboxylic acids is 3. The molecule has 1 unspecified atom stereocenters. The van der Waals surface area contributed by atoms with Crippen molar-refractivity contribution in [2.75, 3.05) is 11.5 Å². The van der Waals surface area contributed by atoms with Crippen LogP contribution in [0.25, 0.3) is 6.08 Å². The number of nitrogens with zero attached hydrogens (tertiary/aromatic N) is 2. The van der Waals surface area contributed by atoms with Gasteiger partial charge in [0.05, 0.1) is 5.75 Å². The number of rotatable bonds is 8. The fourth-order valence-electron chi connectivity index (χ4n) is 3.32. The van der Waals surface area contributed by atoms with E-state index in [9.17, 15) is 24.3 Å². The van der Waals surface area contributed by atoms with Gasteiger partial charge < -0.3 is 20.7 Å². The number of carboxylic acids is 1. The summed E-state index contributed by atoms with van der Waals surface area (Å²) in [5, 5.41) is 15.4. The first-order valence-electron chi connectivity index (χ1n) is 9.68. The van der Waals surface area contributed by atoms with Crippen molar-refractivity contribution >= 4 is 53.3 Å². The molecule has 12 heteroatoms. The largest absolute Gasteiger partial charge is 0.477 e. The van der Waals surface area contributed by atoms with Gasteiger partial charge in [0.25, 0.3) is 11.8 Å². The van der Waals surface area contributed by atoms with E-state index >= 15 is 0 Å². The number of hydrogen-bond acceptors (Lipinski definition) is 8. The summed E-state index contributed by atoms with van der Waals surface area (Å²) >= 11 is 2.70. The van der Waals surface area contributed by atoms with Crippen molar-refractivity contribution in [3.8, 4) is 0 Å². The number of thioether (sulfide) groups is 2. The molecular weight excluding hydrogens is 468 g/mol. The standard InChI is InChI=1S/C21H18N4O6S2/c22-18(27)14-8-12(31-24-14)7-6-11-9-33-20-16(19(28)25(20)17(11)21(29)30)23-15(26)10-32-13-4-2-1-3-5-13/h1-8,16,20H,9-10H2,(H2,22,27)(H,23,26)(H,29,30)/b7-6+/t16-,20?/m1/s1. The van der Waals surface area contributed by atoms with Crippen molar-refractivity contribution < 1.29 is 28.8 Å². The van der Waals surface area contributed by atoms with Crippen LogP contribution < -0.4 is 11.1 Å². The van der Waals surface area contributed by atoms with Crippen molar-refractivity contribution in [2.24, 2.45) is 5.73 Å². The third kappa shape index (κ3) is 4.81. The van der Waals surface area contributed by atoms with Gasteiger partial charge >= 0.3 is 5.97 Å². The van der Waals surface area contributed by atoms with Crippen molar-refractivity contribution in [1.29, 1.82) is 0 Å². The minimum atomic E-state index is -1.26. The third-order valence-electron chi connectivity index (χ3n) is 4.86. The number of amides is 3. The van der Waals surface area contributed by atoms with Crippen LogP contribution in [0.3, 0.4) is 0 Å². The number of carboxylic acid groups (broad SMARTS) is 1. The molecule has 0 saturated carbocycles. The van der Waals surface area contributed by atoms with Crippen LogP contribution in [0.4, 0.5) is 0 Å². The molecule has 2 atom stereocenters. The second-order valence-corrected chi connectivity index (χ2v) is 9.20. The Morgan fingerprint density at radius 3 is 2.73 bits per heavy atom. The van der Waals surface area contributed by atoms with Gasteiger partial charge in [-0.05, 0) is 23.8 Å². The van der Waals surface area contributed by atoms with Crippen LogP contribution in [0.5, 0.6) is 0 Å². The van der Waals surface area contributed by atoms with Gasteiger partial charge in [-0.1, -0.05) is 29.4 Å². The monoisotopic (exact) mass is 486 g/mol. The summed E-state index contributed by atoms with van der Waals surface area (Å²) in [5.41, 5.74) is 5.31. The number of fused-ring (bicyclic) bond motifs is 1. The first-order valence-corrected chi connectivity index (χ1v) is 11.7. The lowest BCUT2D eigenvalue weighted by Gasteiger charge is -2.49. The summed E-state index contributed by atoms with van der Waals surface area (Å²) in [4.78, 5) is 50.2. The molecule has 2 aromatic rings. The summed E-state index contributed by atoms with van der Waals surface area (Å²) in [6, 6.07) is 9.94. The minimum absolute atomic E-state index is 0.0536. The van der Waals surface area contributed by atoms with Crippen LogP contribution in [-0.4, -0.2) is 61.8 Å². The summed E-state index contributed by atoms with van der Waals surface area (Å²) in [6.07, 6.45) is 2.94. The normalized spacial score (nSPS) is 19.9. The Bertz CT molecular complexity index is 1180. The predicted molar refractivity (Wildman–Crippen MR) is 121 cm³/mol. The quantitative estimate of drug-likeness (QED) is 0.370. The van der Waals surface area contributed by atoms with Crippen molar-refractivity contribution in [3.05, 3.63) is 65.2 Å². The number of nitrogens with one attached hydrogen (secondary N) is 1. The van der Waals surface area contributed by atoms with Gasteiger partial charge in [0.1, 0.15) is 17.1 Å². The van der Waals surface area contributed by atoms with E-state index in [0.717, 1.165) is 4.90 Å². The van der Waals surface area contributed by atoms with Crippen LogP contribution in [0.1, 0.15) is 16.2 Å². The molecule has 170 valence electrons. The lowest BCUT2D eigenvalue weighted by molar-refractivity contribution is -0.150. The molecule has 1 fully saturated rings. The number of aliphatic carboxylic acids is 1. The molecule has 2 aliphatic rings. The first kappa shape index (κ1) is 22.7. The molecule has 0 spiro atoms. The maximum absolute atomic E-state index is 12.7. The molecule has 3 amide bonds. The molecule has 1 aromatic carbocycles. The Morgan fingerprint density at radius 1 is 1.30 bits per heavy atom. The lowest BCUT2D eigenvalue weighted by Crippen LogP contribution is -2.70. The lowest BCUT2D eigenvalue weighted by atomic mass is 10.0. The highest BCUT2D eigenvalue weighted by molar-refractivity contribution is 8.00. The maximum atomic E-state index is 12.7. The molecule has 1 saturated heterocycles. The van der Waals surface area contributed by atoms with E-state index in [0.29, 0.717) is 11.3 Å². The van der Waals surface area contributed by atoms with Gasteiger partial charge in [-0.15, -0.1) is 23.5 Å². The van der Waals surface area contributed by atoms with E-state index in [1.54, 1.807) is 0 Å². The summed E-state index contributed by atoms with van der Waals surface area (Å²) in [5.74, 6) is -2.13. The fraction of sp³-hybridized carbons (Fsp3) is 0.190. The maximum Gasteiger partial charge on any atom is 0.352 e. The van der Waals surface area contributed by atoms with Crippen molar-refractivity contribution in [3.63, 3.8) is 0 Å². The zero-order valence-electron chi connectivity index (χ0n) is 17.0. The molecule has 4 N–H and O–H groups in total. The topological polar surface area (TPSA) is 156 Å². The summed E-state index contributed by atoms with van der Waals surface area (Å²) in [6.45, 7) is 0. The number of primary amides is 1. The van der Waals surface area contributed by atoms with E-state index < -0.39 is 29.2 Å². The Hall–Kier alpha value is -3.51. The van der Waals surface area contributed by atoms with E-state index in [1.807, 2.05) is 30.3 Å². The highest BCUT2D eigenvalue weighted by Crippen LogP contribution is 2.40. The van der Waals surface area contributed by atoms with Crippen LogP contribution >= 0.6 is 23.5 Å². The van der Waals surface area contributed by atoms with Crippen LogP contribution in [-0.2, 0) is 14.4 Å². The summed E-state index contributed by atoms with van der Waals surface area (Å²) in [7, 11) is 0. The average molecular weight is 487 g/mol. The zero-order valence-corrected chi connectivity index (χ0v) is 18.6. The van der Waals surface area contributed by atoms with Gasteiger partial charge in [-0.3, -0.25) is 19.3 Å². The zero-order chi connectivity index (χ0) is 23.5. The van der Waals surface area contributed by atoms with Crippen LogP contribution in [0.15, 0.2) is 63.2 Å². The van der Waals surface area contributed by atoms with Gasteiger partial charge in [-0.2, -0.15) is 0 Å². The second kappa shape index (κ2) is 9.55. The molecular formula is C21H18N4O6S2. The molecule has 10 nitrogen and oxygen atoms in total. The number of β-lactam (4-membered cyclic amide) rings is 1. The number of nitrogens with two attached hydrogens (primary N) is 1. The van der Waals surface area contributed by atoms with E-state index in [1.165, 1.54) is 46.6 Å². The van der Waals surface area contributed by atoms with Crippen molar-refractivity contribution in [2.45, 2.75) is 16.3 Å². The molecule has 1 aromatic heterocycles. The van der Waals surface area contributed by atoms with E-state index in [2.05, 4.69) is 10.5 Å². The predicted octanol–water partition coefficient (Wildman–Crippen LogP) is 1.32. The second-order valence-electron chi connectivity index (χ2n) is 7.05. The molecule has 0 aliphatic carbocycles. The van der Waals surface area contributed by atoms with E-state index in [-0.39, 0.29) is 28.8 Å². The Morgan fingerprint density at radius 2 is 2.06 bits per heavy atom. The molecule has 0 bridgehead atoms. The SMILES string of the molecule is NC(=O)c1cc(/C=C/C2=C(C(=O)O)N3C(=O)[C@@H](NC(=O)CSc4ccccc4)C3SC2)on1. The number of carbonyl (C=O) groups is 4. The van der Waals surface area contributed by atoms with E-state index in [4.69, 9.17) is 10.3 Å². The molecule has 3 heterocycles. The van der Waals surface area contributed by atoms with Crippen LogP contribution in [0, 0.1) is 0 Å². The smallest absolute Gasteiger partial charge is 0.352 e. The fourth-order valence-corrected chi connectivity index (χ4v) is 5.37.